The molecule has 4 nitrogen and oxygen atoms in total. The van der Waals surface area contributed by atoms with Crippen LogP contribution in [0.1, 0.15) is 5.69 Å². The summed E-state index contributed by atoms with van der Waals surface area (Å²) in [6.07, 6.45) is 6.62. The molecule has 2 aromatic heterocycles. The second-order valence-corrected chi connectivity index (χ2v) is 2.66. The Morgan fingerprint density at radius 1 is 1.36 bits per heavy atom. The van der Waals surface area contributed by atoms with Crippen LogP contribution in [-0.4, -0.2) is 19.7 Å². The maximum Gasteiger partial charge on any atom is 0.155 e. The van der Waals surface area contributed by atoms with Crippen LogP contribution in [0.25, 0.3) is 11.9 Å². The maximum atomic E-state index is 4.34. The van der Waals surface area contributed by atoms with Gasteiger partial charge in [-0.3, -0.25) is 0 Å². The molecule has 0 N–H and O–H groups in total. The molecule has 2 heterocycles. The summed E-state index contributed by atoms with van der Waals surface area (Å²) in [6.45, 7) is 3.62. The van der Waals surface area contributed by atoms with Gasteiger partial charge in [0, 0.05) is 0 Å². The van der Waals surface area contributed by atoms with Crippen LogP contribution in [0.15, 0.2) is 36.9 Å². The van der Waals surface area contributed by atoms with Crippen LogP contribution in [-0.2, 0) is 0 Å². The number of allylic oxidation sites excluding steroid dienone is 1. The third-order valence-corrected chi connectivity index (χ3v) is 1.70. The average molecular weight is 185 g/mol. The zero-order valence-electron chi connectivity index (χ0n) is 7.54. The summed E-state index contributed by atoms with van der Waals surface area (Å²) in [5.41, 5.74) is 0.855. The fraction of sp³-hybridized carbons (Fsp3) is 0. The van der Waals surface area contributed by atoms with Crippen molar-refractivity contribution in [3.8, 4) is 5.82 Å². The largest absolute Gasteiger partial charge is 0.229 e. The maximum absolute atomic E-state index is 4.34. The Morgan fingerprint density at radius 3 is 3.00 bits per heavy atom. The van der Waals surface area contributed by atoms with Crippen LogP contribution in [0.5, 0.6) is 0 Å². The Hall–Kier alpha value is -1.97. The normalized spacial score (nSPS) is 10.9. The first-order valence-electron chi connectivity index (χ1n) is 4.18. The highest BCUT2D eigenvalue weighted by molar-refractivity contribution is 5.46. The van der Waals surface area contributed by atoms with E-state index in [4.69, 9.17) is 0 Å². The molecule has 0 unspecified atom stereocenters. The van der Waals surface area contributed by atoms with Crippen LogP contribution in [0, 0.1) is 6.92 Å². The van der Waals surface area contributed by atoms with Crippen molar-refractivity contribution in [2.75, 3.05) is 0 Å². The van der Waals surface area contributed by atoms with E-state index in [1.54, 1.807) is 17.1 Å². The minimum absolute atomic E-state index is 0.748. The van der Waals surface area contributed by atoms with Crippen molar-refractivity contribution in [3.05, 3.63) is 49.5 Å². The molecule has 0 spiro atoms. The average Bonchev–Trinajstić information content (AvgIpc) is 2.71. The number of nitrogens with zero attached hydrogens (tertiary/aromatic N) is 4. The monoisotopic (exact) mass is 185 g/mol. The van der Waals surface area contributed by atoms with E-state index in [-0.39, 0.29) is 0 Å². The van der Waals surface area contributed by atoms with E-state index < -0.39 is 0 Å². The molecule has 0 aromatic carbocycles. The minimum atomic E-state index is 0.748. The van der Waals surface area contributed by atoms with Crippen LogP contribution >= 0.6 is 0 Å². The van der Waals surface area contributed by atoms with E-state index in [9.17, 15) is 0 Å². The fourth-order valence-electron chi connectivity index (χ4n) is 1.11. The molecule has 14 heavy (non-hydrogen) atoms. The second-order valence-electron chi connectivity index (χ2n) is 2.66. The third kappa shape index (κ3) is 1.69. The lowest BCUT2D eigenvalue weighted by molar-refractivity contribution is 0.844. The van der Waals surface area contributed by atoms with E-state index in [0.29, 0.717) is 0 Å². The van der Waals surface area contributed by atoms with E-state index in [1.807, 2.05) is 24.3 Å². The first kappa shape index (κ1) is 8.62. The zero-order chi connectivity index (χ0) is 9.80. The molecule has 0 saturated carbocycles. The Labute approximate surface area is 81.9 Å². The zero-order valence-corrected chi connectivity index (χ0v) is 7.54. The summed E-state index contributed by atoms with van der Waals surface area (Å²) in [6, 6.07) is 5.69. The van der Waals surface area contributed by atoms with E-state index in [2.05, 4.69) is 22.0 Å². The smallest absolute Gasteiger partial charge is 0.155 e. The minimum Gasteiger partial charge on any atom is -0.229 e. The molecule has 0 atom stereocenters. The Morgan fingerprint density at radius 2 is 2.29 bits per heavy atom. The van der Waals surface area contributed by atoms with Crippen LogP contribution in [0.4, 0.5) is 0 Å². The fourth-order valence-corrected chi connectivity index (χ4v) is 1.11. The summed E-state index contributed by atoms with van der Waals surface area (Å²) in [7, 11) is 0. The molecule has 1 radical (unpaired) electrons. The van der Waals surface area contributed by atoms with Gasteiger partial charge in [0.05, 0.1) is 5.69 Å². The van der Waals surface area contributed by atoms with Crippen LogP contribution in [0.3, 0.4) is 0 Å². The Balaban J connectivity index is 2.40. The van der Waals surface area contributed by atoms with Crippen molar-refractivity contribution in [1.82, 2.24) is 19.7 Å². The quantitative estimate of drug-likeness (QED) is 0.712. The molecule has 0 bridgehead atoms. The molecular weight excluding hydrogens is 176 g/mol. The van der Waals surface area contributed by atoms with E-state index in [1.165, 1.54) is 6.33 Å². The van der Waals surface area contributed by atoms with Crippen molar-refractivity contribution >= 4 is 6.08 Å². The van der Waals surface area contributed by atoms with E-state index >= 15 is 0 Å². The summed E-state index contributed by atoms with van der Waals surface area (Å²) >= 11 is 0. The van der Waals surface area contributed by atoms with Gasteiger partial charge in [-0.1, -0.05) is 12.1 Å². The predicted octanol–water partition coefficient (Wildman–Crippen LogP) is 1.51. The summed E-state index contributed by atoms with van der Waals surface area (Å²) in [5.74, 6) is 0.748. The lowest BCUT2D eigenvalue weighted by atomic mass is 10.3. The molecule has 2 aromatic rings. The van der Waals surface area contributed by atoms with Gasteiger partial charge in [0.2, 0.25) is 0 Å². The molecule has 4 heteroatoms. The van der Waals surface area contributed by atoms with Gasteiger partial charge >= 0.3 is 0 Å². The molecule has 2 rings (SSSR count). The van der Waals surface area contributed by atoms with Crippen molar-refractivity contribution in [3.63, 3.8) is 0 Å². The standard InChI is InChI=1S/C10H9N4/c1-2-4-9-5-3-6-10(13-9)14-8-11-7-12-14/h2-8H,1H2/b4-2+. The van der Waals surface area contributed by atoms with Gasteiger partial charge in [0.25, 0.3) is 0 Å². The highest BCUT2D eigenvalue weighted by Gasteiger charge is 1.97. The molecule has 0 aliphatic carbocycles. The van der Waals surface area contributed by atoms with Crippen LogP contribution in [0.2, 0.25) is 0 Å². The SMILES string of the molecule is [CH2]/C=C/c1cccc(-n2cncn2)n1. The number of hydrogen-bond acceptors (Lipinski definition) is 3. The van der Waals surface area contributed by atoms with Crippen molar-refractivity contribution in [1.29, 1.82) is 0 Å². The van der Waals surface area contributed by atoms with Gasteiger partial charge in [-0.2, -0.15) is 5.10 Å². The molecule has 0 amide bonds. The molecule has 0 fully saturated rings. The predicted molar refractivity (Wildman–Crippen MR) is 53.5 cm³/mol. The van der Waals surface area contributed by atoms with Gasteiger partial charge in [0.1, 0.15) is 12.7 Å². The van der Waals surface area contributed by atoms with Crippen molar-refractivity contribution < 1.29 is 0 Å². The molecule has 69 valence electrons. The van der Waals surface area contributed by atoms with Gasteiger partial charge in [-0.15, -0.1) is 0 Å². The molecule has 0 aliphatic heterocycles. The number of pyridine rings is 1. The highest BCUT2D eigenvalue weighted by Crippen LogP contribution is 2.04. The van der Waals surface area contributed by atoms with Gasteiger partial charge in [0.15, 0.2) is 5.82 Å². The summed E-state index contributed by atoms with van der Waals surface area (Å²) in [4.78, 5) is 8.19. The molecule has 0 aliphatic rings. The van der Waals surface area contributed by atoms with Crippen molar-refractivity contribution in [2.24, 2.45) is 0 Å². The number of hydrogen-bond donors (Lipinski definition) is 0. The van der Waals surface area contributed by atoms with Gasteiger partial charge < -0.3 is 0 Å². The number of aromatic nitrogens is 4. The first-order valence-corrected chi connectivity index (χ1v) is 4.18. The Bertz CT molecular complexity index is 431. The lowest BCUT2D eigenvalue weighted by Crippen LogP contribution is -1.98. The molecular formula is C10H9N4. The topological polar surface area (TPSA) is 43.6 Å². The second kappa shape index (κ2) is 3.83. The first-order chi connectivity index (χ1) is 6.90. The summed E-state index contributed by atoms with van der Waals surface area (Å²) < 4.78 is 1.61. The van der Waals surface area contributed by atoms with Gasteiger partial charge in [-0.05, 0) is 25.1 Å². The van der Waals surface area contributed by atoms with Gasteiger partial charge in [-0.25, -0.2) is 14.6 Å². The third-order valence-electron chi connectivity index (χ3n) is 1.70. The highest BCUT2D eigenvalue weighted by atomic mass is 15.3. The number of rotatable bonds is 2. The lowest BCUT2D eigenvalue weighted by Gasteiger charge is -1.99. The van der Waals surface area contributed by atoms with Crippen LogP contribution < -0.4 is 0 Å². The Kier molecular flexibility index (Phi) is 2.36. The van der Waals surface area contributed by atoms with E-state index in [0.717, 1.165) is 11.5 Å². The summed E-state index contributed by atoms with van der Waals surface area (Å²) in [5, 5.41) is 3.99. The molecule has 0 saturated heterocycles. The van der Waals surface area contributed by atoms with Crippen molar-refractivity contribution in [2.45, 2.75) is 0 Å².